The molecule has 1 fully saturated rings. The van der Waals surface area contributed by atoms with Crippen molar-refractivity contribution in [2.24, 2.45) is 10.2 Å². The Morgan fingerprint density at radius 1 is 1.00 bits per heavy atom. The van der Waals surface area contributed by atoms with Gasteiger partial charge in [0.2, 0.25) is 0 Å². The number of amidine groups is 1. The lowest BCUT2D eigenvalue weighted by atomic mass is 10.1. The minimum atomic E-state index is -4.73. The number of alkyl halides is 3. The number of anilines is 1. The van der Waals surface area contributed by atoms with Gasteiger partial charge in [-0.2, -0.15) is 5.10 Å². The molecule has 0 aliphatic carbocycles. The fourth-order valence-electron chi connectivity index (χ4n) is 4.80. The van der Waals surface area contributed by atoms with Gasteiger partial charge < -0.3 is 9.64 Å². The predicted molar refractivity (Wildman–Crippen MR) is 156 cm³/mol. The summed E-state index contributed by atoms with van der Waals surface area (Å²) in [5.41, 5.74) is 5.60. The minimum Gasteiger partial charge on any atom is -0.406 e. The lowest BCUT2D eigenvalue weighted by Gasteiger charge is -2.30. The number of hydrogen-bond donors (Lipinski definition) is 0. The zero-order chi connectivity index (χ0) is 27.7. The third kappa shape index (κ3) is 5.40. The van der Waals surface area contributed by atoms with Crippen LogP contribution in [0.1, 0.15) is 17.5 Å². The molecule has 0 radical (unpaired) electrons. The van der Waals surface area contributed by atoms with E-state index in [1.807, 2.05) is 47.0 Å². The molecule has 0 bridgehead atoms. The first-order chi connectivity index (χ1) is 19.4. The van der Waals surface area contributed by atoms with E-state index < -0.39 is 6.36 Å². The molecule has 0 spiro atoms. The van der Waals surface area contributed by atoms with E-state index in [-0.39, 0.29) is 5.75 Å². The molecule has 202 valence electrons. The van der Waals surface area contributed by atoms with Crippen LogP contribution in [-0.2, 0) is 0 Å². The van der Waals surface area contributed by atoms with Gasteiger partial charge in [0, 0.05) is 29.1 Å². The lowest BCUT2D eigenvalue weighted by molar-refractivity contribution is -0.274. The second-order valence-corrected chi connectivity index (χ2v) is 10.4. The molecule has 5 aromatic rings. The maximum absolute atomic E-state index is 12.5. The molecule has 6 rings (SSSR count). The standard InChI is InChI=1S/C30H24F3N5OS/c1-20-5-2-3-6-26(20)37-15-4-16-40-29(37)36-35-18-21-7-13-25-22(17-21)8-14-27-28(25)34-19-38(27)23-9-11-24(12-10-23)39-30(31,32)33/h2-3,5-14,17-19H,4,15-16H2,1H3/b35-18+,36-29-. The molecule has 40 heavy (non-hydrogen) atoms. The van der Waals surface area contributed by atoms with Crippen molar-refractivity contribution in [2.45, 2.75) is 19.7 Å². The van der Waals surface area contributed by atoms with Gasteiger partial charge >= 0.3 is 6.36 Å². The zero-order valence-electron chi connectivity index (χ0n) is 21.5. The lowest BCUT2D eigenvalue weighted by Crippen LogP contribution is -2.34. The summed E-state index contributed by atoms with van der Waals surface area (Å²) in [7, 11) is 0. The Balaban J connectivity index is 1.25. The maximum atomic E-state index is 12.5. The molecule has 10 heteroatoms. The van der Waals surface area contributed by atoms with Gasteiger partial charge in [0.1, 0.15) is 12.1 Å². The van der Waals surface area contributed by atoms with Gasteiger partial charge in [-0.25, -0.2) is 4.98 Å². The van der Waals surface area contributed by atoms with Crippen molar-refractivity contribution in [2.75, 3.05) is 17.2 Å². The van der Waals surface area contributed by atoms with Gasteiger partial charge in [0.25, 0.3) is 0 Å². The summed E-state index contributed by atoms with van der Waals surface area (Å²) in [4.78, 5) is 6.82. The van der Waals surface area contributed by atoms with Crippen molar-refractivity contribution in [1.29, 1.82) is 0 Å². The van der Waals surface area contributed by atoms with Crippen molar-refractivity contribution >= 4 is 50.6 Å². The summed E-state index contributed by atoms with van der Waals surface area (Å²) in [6.07, 6.45) is -0.216. The highest BCUT2D eigenvalue weighted by Gasteiger charge is 2.31. The van der Waals surface area contributed by atoms with Crippen molar-refractivity contribution in [3.63, 3.8) is 0 Å². The topological polar surface area (TPSA) is 55.0 Å². The number of halogens is 3. The average Bonchev–Trinajstić information content (AvgIpc) is 3.38. The highest BCUT2D eigenvalue weighted by atomic mass is 32.2. The molecule has 6 nitrogen and oxygen atoms in total. The Labute approximate surface area is 232 Å². The second-order valence-electron chi connectivity index (χ2n) is 9.34. The Bertz CT molecular complexity index is 1740. The number of ether oxygens (including phenoxy) is 1. The van der Waals surface area contributed by atoms with Crippen LogP contribution in [0.2, 0.25) is 0 Å². The Morgan fingerprint density at radius 3 is 2.62 bits per heavy atom. The summed E-state index contributed by atoms with van der Waals surface area (Å²) in [6.45, 7) is 3.02. The molecule has 0 saturated carbocycles. The van der Waals surface area contributed by atoms with Gasteiger partial charge in [-0.1, -0.05) is 48.2 Å². The molecular weight excluding hydrogens is 535 g/mol. The van der Waals surface area contributed by atoms with E-state index in [1.54, 1.807) is 36.4 Å². The third-order valence-electron chi connectivity index (χ3n) is 6.65. The van der Waals surface area contributed by atoms with Crippen LogP contribution in [0.25, 0.3) is 27.5 Å². The Morgan fingerprint density at radius 2 is 1.82 bits per heavy atom. The van der Waals surface area contributed by atoms with Gasteiger partial charge in [0.15, 0.2) is 5.17 Å². The number of thioether (sulfide) groups is 1. The number of aromatic nitrogens is 2. The quantitative estimate of drug-likeness (QED) is 0.163. The van der Waals surface area contributed by atoms with Crippen molar-refractivity contribution < 1.29 is 17.9 Å². The van der Waals surface area contributed by atoms with Crippen LogP contribution in [0.3, 0.4) is 0 Å². The van der Waals surface area contributed by atoms with E-state index >= 15 is 0 Å². The normalized spacial score (nSPS) is 15.5. The first kappa shape index (κ1) is 25.9. The van der Waals surface area contributed by atoms with Crippen molar-refractivity contribution in [3.8, 4) is 11.4 Å². The Hall–Kier alpha value is -4.31. The van der Waals surface area contributed by atoms with Gasteiger partial charge in [0.05, 0.1) is 17.2 Å². The van der Waals surface area contributed by atoms with E-state index in [0.29, 0.717) is 5.69 Å². The highest BCUT2D eigenvalue weighted by Crippen LogP contribution is 2.30. The number of rotatable bonds is 5. The third-order valence-corrected chi connectivity index (χ3v) is 7.70. The number of para-hydroxylation sites is 1. The van der Waals surface area contributed by atoms with Crippen LogP contribution in [0.15, 0.2) is 95.4 Å². The SMILES string of the molecule is Cc1ccccc1N1CCCS/C1=N\N=C\c1ccc2c(ccc3c2ncn3-c2ccc(OC(F)(F)F)cc2)c1. The van der Waals surface area contributed by atoms with E-state index in [2.05, 4.69) is 43.9 Å². The van der Waals surface area contributed by atoms with Crippen LogP contribution < -0.4 is 9.64 Å². The van der Waals surface area contributed by atoms with Crippen LogP contribution in [0, 0.1) is 6.92 Å². The van der Waals surface area contributed by atoms with E-state index in [4.69, 9.17) is 0 Å². The summed E-state index contributed by atoms with van der Waals surface area (Å²) in [5.74, 6) is 0.747. The number of benzene rings is 4. The molecule has 0 unspecified atom stereocenters. The second kappa shape index (κ2) is 10.7. The Kier molecular flexibility index (Phi) is 6.93. The molecule has 4 aromatic carbocycles. The average molecular weight is 560 g/mol. The van der Waals surface area contributed by atoms with Gasteiger partial charge in [-0.15, -0.1) is 18.3 Å². The fourth-order valence-corrected chi connectivity index (χ4v) is 5.71. The van der Waals surface area contributed by atoms with E-state index in [9.17, 15) is 13.2 Å². The highest BCUT2D eigenvalue weighted by molar-refractivity contribution is 8.14. The van der Waals surface area contributed by atoms with Crippen molar-refractivity contribution in [1.82, 2.24) is 9.55 Å². The van der Waals surface area contributed by atoms with Crippen LogP contribution in [0.4, 0.5) is 18.9 Å². The van der Waals surface area contributed by atoms with Gasteiger partial charge in [-0.3, -0.25) is 4.57 Å². The molecular formula is C30H24F3N5OS. The summed E-state index contributed by atoms with van der Waals surface area (Å²) < 4.78 is 43.3. The first-order valence-corrected chi connectivity index (χ1v) is 13.7. The van der Waals surface area contributed by atoms with E-state index in [1.165, 1.54) is 17.7 Å². The summed E-state index contributed by atoms with van der Waals surface area (Å²) in [5, 5.41) is 11.8. The smallest absolute Gasteiger partial charge is 0.406 e. The number of imidazole rings is 1. The van der Waals surface area contributed by atoms with Crippen LogP contribution >= 0.6 is 11.8 Å². The number of hydrogen-bond acceptors (Lipinski definition) is 5. The number of fused-ring (bicyclic) bond motifs is 3. The van der Waals surface area contributed by atoms with Crippen molar-refractivity contribution in [3.05, 3.63) is 96.3 Å². The number of nitrogens with zero attached hydrogens (tertiary/aromatic N) is 5. The van der Waals surface area contributed by atoms with Gasteiger partial charge in [-0.05, 0) is 72.3 Å². The van der Waals surface area contributed by atoms with Crippen LogP contribution in [0.5, 0.6) is 5.75 Å². The largest absolute Gasteiger partial charge is 0.573 e. The van der Waals surface area contributed by atoms with Crippen LogP contribution in [-0.4, -0.2) is 39.6 Å². The summed E-state index contributed by atoms with van der Waals surface area (Å²) >= 11 is 1.71. The summed E-state index contributed by atoms with van der Waals surface area (Å²) in [6, 6.07) is 24.0. The molecule has 0 N–H and O–H groups in total. The molecule has 1 aromatic heterocycles. The minimum absolute atomic E-state index is 0.268. The zero-order valence-corrected chi connectivity index (χ0v) is 22.3. The van der Waals surface area contributed by atoms with E-state index in [0.717, 1.165) is 56.9 Å². The molecule has 2 heterocycles. The molecule has 1 aliphatic heterocycles. The predicted octanol–water partition coefficient (Wildman–Crippen LogP) is 7.72. The first-order valence-electron chi connectivity index (χ1n) is 12.7. The maximum Gasteiger partial charge on any atom is 0.573 e. The molecule has 1 saturated heterocycles. The number of aryl methyl sites for hydroxylation is 1. The molecule has 0 atom stereocenters. The fraction of sp³-hybridized carbons (Fsp3) is 0.167. The monoisotopic (exact) mass is 559 g/mol. The molecule has 1 aliphatic rings. The molecule has 0 amide bonds.